The van der Waals surface area contributed by atoms with E-state index in [1.54, 1.807) is 0 Å². The number of halogens is 9. The van der Waals surface area contributed by atoms with Crippen molar-refractivity contribution >= 4 is 18.9 Å². The number of nitrogens with one attached hydrogen (secondary N) is 1. The first-order chi connectivity index (χ1) is 14.4. The predicted octanol–water partition coefficient (Wildman–Crippen LogP) is 2.62. The van der Waals surface area contributed by atoms with Crippen molar-refractivity contribution in [3.05, 3.63) is 23.8 Å². The third kappa shape index (κ3) is 17.7. The Morgan fingerprint density at radius 1 is 1.00 bits per heavy atom. The number of hydrogen-bond donors (Lipinski definition) is 4. The molecule has 2 heterocycles. The van der Waals surface area contributed by atoms with E-state index in [1.807, 2.05) is 19.2 Å². The molecule has 1 aromatic rings. The summed E-state index contributed by atoms with van der Waals surface area (Å²) in [5.74, 6) is -1.27. The van der Waals surface area contributed by atoms with Crippen LogP contribution in [0.1, 0.15) is 17.4 Å². The standard InChI is InChI=1S/C8H11N3.C2F6.C2HF3O2.2CH2O2/c1-6-10-3-2-8(11-6)7-4-9-5-7;3-1(4,5)2(6,7)8;3-2(4,5)1(6)7;2*2-1-3/h2-3,7,9H,4-5H2,1H3;;(H,6,7);2*1H,(H,2,3). The van der Waals surface area contributed by atoms with Crippen LogP contribution in [0, 0.1) is 6.92 Å². The molecule has 1 aromatic heterocycles. The lowest BCUT2D eigenvalue weighted by Crippen LogP contribution is -2.40. The van der Waals surface area contributed by atoms with Gasteiger partial charge in [0, 0.05) is 30.9 Å². The van der Waals surface area contributed by atoms with Crippen LogP contribution < -0.4 is 5.32 Å². The molecule has 4 N–H and O–H groups in total. The SMILES string of the molecule is Cc1nccc(C2CNC2)n1.FC(F)(F)C(F)(F)F.O=C(O)C(F)(F)F.O=CO.O=CO. The highest BCUT2D eigenvalue weighted by molar-refractivity contribution is 5.73. The van der Waals surface area contributed by atoms with Crippen molar-refractivity contribution in [3.63, 3.8) is 0 Å². The van der Waals surface area contributed by atoms with Crippen molar-refractivity contribution < 1.29 is 69.2 Å². The maximum absolute atomic E-state index is 10.6. The lowest BCUT2D eigenvalue weighted by Gasteiger charge is -2.26. The van der Waals surface area contributed by atoms with E-state index in [9.17, 15) is 39.5 Å². The van der Waals surface area contributed by atoms with Crippen molar-refractivity contribution in [3.8, 4) is 0 Å². The number of carboxylic acid groups (broad SMARTS) is 3. The number of nitrogens with zero attached hydrogens (tertiary/aromatic N) is 2. The Morgan fingerprint density at radius 2 is 1.34 bits per heavy atom. The van der Waals surface area contributed by atoms with E-state index in [0.717, 1.165) is 18.9 Å². The van der Waals surface area contributed by atoms with Crippen molar-refractivity contribution in [1.29, 1.82) is 0 Å². The van der Waals surface area contributed by atoms with Crippen molar-refractivity contribution in [2.75, 3.05) is 13.1 Å². The van der Waals surface area contributed by atoms with Gasteiger partial charge in [-0.05, 0) is 13.0 Å². The second-order valence-corrected chi connectivity index (χ2v) is 4.89. The van der Waals surface area contributed by atoms with Crippen LogP contribution in [0.15, 0.2) is 12.3 Å². The van der Waals surface area contributed by atoms with Gasteiger partial charge in [-0.1, -0.05) is 0 Å². The van der Waals surface area contributed by atoms with Gasteiger partial charge in [-0.2, -0.15) is 39.5 Å². The molecule has 18 heteroatoms. The lowest BCUT2D eigenvalue weighted by atomic mass is 9.99. The third-order valence-electron chi connectivity index (χ3n) is 2.56. The molecule has 0 aliphatic carbocycles. The Hall–Kier alpha value is -3.18. The molecule has 1 aliphatic heterocycles. The summed E-state index contributed by atoms with van der Waals surface area (Å²) in [6, 6.07) is 2.00. The van der Waals surface area contributed by atoms with Gasteiger partial charge in [-0.15, -0.1) is 0 Å². The Kier molecular flexibility index (Phi) is 16.3. The summed E-state index contributed by atoms with van der Waals surface area (Å²) in [6.45, 7) is 3.56. The van der Waals surface area contributed by atoms with Gasteiger partial charge in [-0.25, -0.2) is 14.8 Å². The molecule has 0 atom stereocenters. The molecule has 0 saturated carbocycles. The molecule has 1 aliphatic rings. The minimum Gasteiger partial charge on any atom is -0.483 e. The summed E-state index contributed by atoms with van der Waals surface area (Å²) in [5, 5.41) is 24.1. The second-order valence-electron chi connectivity index (χ2n) is 4.89. The Balaban J connectivity index is -0.000000360. The fourth-order valence-electron chi connectivity index (χ4n) is 1.20. The largest absolute Gasteiger partial charge is 0.490 e. The first kappa shape index (κ1) is 33.5. The number of aliphatic carboxylic acids is 1. The van der Waals surface area contributed by atoms with E-state index in [0.29, 0.717) is 5.92 Å². The summed E-state index contributed by atoms with van der Waals surface area (Å²) >= 11 is 0. The Bertz CT molecular complexity index is 659. The first-order valence-corrected chi connectivity index (χ1v) is 7.48. The number of alkyl halides is 9. The Morgan fingerprint density at radius 3 is 1.53 bits per heavy atom. The number of carbonyl (C=O) groups is 3. The predicted molar refractivity (Wildman–Crippen MR) is 85.6 cm³/mol. The molecule has 1 fully saturated rings. The maximum Gasteiger partial charge on any atom is 0.490 e. The van der Waals surface area contributed by atoms with Gasteiger partial charge >= 0.3 is 24.5 Å². The van der Waals surface area contributed by atoms with Crippen LogP contribution in [-0.2, 0) is 14.4 Å². The van der Waals surface area contributed by atoms with Crippen molar-refractivity contribution in [1.82, 2.24) is 15.3 Å². The highest BCUT2D eigenvalue weighted by Crippen LogP contribution is 2.35. The van der Waals surface area contributed by atoms with E-state index in [1.165, 1.54) is 5.69 Å². The molecule has 9 nitrogen and oxygen atoms in total. The summed E-state index contributed by atoms with van der Waals surface area (Å²) in [4.78, 5) is 34.0. The average Bonchev–Trinajstić information content (AvgIpc) is 2.53. The maximum atomic E-state index is 10.6. The minimum atomic E-state index is -6.06. The summed E-state index contributed by atoms with van der Waals surface area (Å²) in [7, 11) is 0. The van der Waals surface area contributed by atoms with Gasteiger partial charge in [0.05, 0.1) is 0 Å². The molecule has 186 valence electrons. The zero-order valence-electron chi connectivity index (χ0n) is 15.7. The fraction of sp³-hybridized carbons (Fsp3) is 0.500. The number of rotatable bonds is 1. The van der Waals surface area contributed by atoms with Crippen LogP contribution >= 0.6 is 0 Å². The summed E-state index contributed by atoms with van der Waals surface area (Å²) in [6.07, 6.45) is -15.4. The zero-order valence-corrected chi connectivity index (χ0v) is 15.7. The third-order valence-corrected chi connectivity index (χ3v) is 2.56. The van der Waals surface area contributed by atoms with Gasteiger partial charge in [0.25, 0.3) is 12.9 Å². The number of carboxylic acids is 1. The molecule has 2 rings (SSSR count). The number of hydrogen-bond acceptors (Lipinski definition) is 6. The molecule has 0 bridgehead atoms. The normalized spacial score (nSPS) is 12.9. The topological polar surface area (TPSA) is 150 Å². The van der Waals surface area contributed by atoms with Crippen LogP contribution in [0.5, 0.6) is 0 Å². The zero-order chi connectivity index (χ0) is 26.2. The average molecular weight is 493 g/mol. The van der Waals surface area contributed by atoms with Crippen LogP contribution in [-0.4, -0.2) is 75.8 Å². The van der Waals surface area contributed by atoms with Crippen LogP contribution in [0.4, 0.5) is 39.5 Å². The van der Waals surface area contributed by atoms with Crippen LogP contribution in [0.2, 0.25) is 0 Å². The van der Waals surface area contributed by atoms with E-state index in [4.69, 9.17) is 29.7 Å². The minimum absolute atomic E-state index is 0.250. The first-order valence-electron chi connectivity index (χ1n) is 7.48. The highest BCUT2D eigenvalue weighted by atomic mass is 19.5. The smallest absolute Gasteiger partial charge is 0.483 e. The van der Waals surface area contributed by atoms with Crippen molar-refractivity contribution in [2.45, 2.75) is 31.4 Å². The summed E-state index contributed by atoms with van der Waals surface area (Å²) in [5.41, 5.74) is 1.18. The van der Waals surface area contributed by atoms with Crippen LogP contribution in [0.3, 0.4) is 0 Å². The van der Waals surface area contributed by atoms with E-state index in [-0.39, 0.29) is 12.9 Å². The van der Waals surface area contributed by atoms with Gasteiger partial charge < -0.3 is 20.6 Å². The lowest BCUT2D eigenvalue weighted by molar-refractivity contribution is -0.339. The second kappa shape index (κ2) is 15.6. The molecule has 0 radical (unpaired) electrons. The number of aromatic nitrogens is 2. The monoisotopic (exact) mass is 493 g/mol. The molecule has 0 amide bonds. The fourth-order valence-corrected chi connectivity index (χ4v) is 1.20. The van der Waals surface area contributed by atoms with E-state index in [2.05, 4.69) is 15.3 Å². The number of aryl methyl sites for hydroxylation is 1. The van der Waals surface area contributed by atoms with Gasteiger partial charge in [-0.3, -0.25) is 9.59 Å². The van der Waals surface area contributed by atoms with E-state index < -0.39 is 24.5 Å². The van der Waals surface area contributed by atoms with Gasteiger partial charge in [0.1, 0.15) is 5.82 Å². The molecular formula is C14H16F9N3O6. The Labute approximate surface area is 172 Å². The molecule has 32 heavy (non-hydrogen) atoms. The van der Waals surface area contributed by atoms with E-state index >= 15 is 0 Å². The molecule has 0 spiro atoms. The van der Waals surface area contributed by atoms with Gasteiger partial charge in [0.15, 0.2) is 0 Å². The van der Waals surface area contributed by atoms with Gasteiger partial charge in [0.2, 0.25) is 0 Å². The molecular weight excluding hydrogens is 477 g/mol. The highest BCUT2D eigenvalue weighted by Gasteiger charge is 2.58. The van der Waals surface area contributed by atoms with Crippen molar-refractivity contribution in [2.24, 2.45) is 0 Å². The molecule has 1 saturated heterocycles. The molecule has 0 unspecified atom stereocenters. The molecule has 0 aromatic carbocycles. The summed E-state index contributed by atoms with van der Waals surface area (Å²) < 4.78 is 94.4. The quantitative estimate of drug-likeness (QED) is 0.342. The van der Waals surface area contributed by atoms with Crippen LogP contribution in [0.25, 0.3) is 0 Å².